The predicted octanol–water partition coefficient (Wildman–Crippen LogP) is 1.51. The number of nitrogens with zero attached hydrogens (tertiary/aromatic N) is 4. The molecular weight excluding hydrogens is 238 g/mol. The first-order chi connectivity index (χ1) is 8.19. The minimum atomic E-state index is 0.154. The molecule has 1 N–H and O–H groups in total. The van der Waals surface area contributed by atoms with Crippen molar-refractivity contribution >= 4 is 17.4 Å². The number of anilines is 1. The largest absolute Gasteiger partial charge is 0.365 e. The number of likely N-dealkylation sites (tertiary alicyclic amines) is 1. The van der Waals surface area contributed by atoms with Gasteiger partial charge in [0.15, 0.2) is 10.8 Å². The predicted molar refractivity (Wildman–Crippen MR) is 65.9 cm³/mol. The maximum absolute atomic E-state index is 8.70. The van der Waals surface area contributed by atoms with Crippen molar-refractivity contribution in [1.82, 2.24) is 14.9 Å². The standard InChI is InChI=1S/C11H14ClN5/c1-17-4-2-3-8(7-17)15-10-6-14-9(5-13)11(12)16-10/h6,8H,2-4,7H2,1H3,(H,15,16)/t8-/m0/s1. The van der Waals surface area contributed by atoms with Crippen molar-refractivity contribution in [2.24, 2.45) is 0 Å². The van der Waals surface area contributed by atoms with Gasteiger partial charge >= 0.3 is 0 Å². The van der Waals surface area contributed by atoms with Crippen molar-refractivity contribution < 1.29 is 0 Å². The first-order valence-corrected chi connectivity index (χ1v) is 5.94. The van der Waals surface area contributed by atoms with Crippen molar-refractivity contribution in [3.8, 4) is 6.07 Å². The molecule has 0 saturated carbocycles. The van der Waals surface area contributed by atoms with E-state index in [1.54, 1.807) is 6.20 Å². The Kier molecular flexibility index (Phi) is 3.77. The Hall–Kier alpha value is -1.38. The summed E-state index contributed by atoms with van der Waals surface area (Å²) in [6.45, 7) is 2.12. The van der Waals surface area contributed by atoms with Gasteiger partial charge in [0, 0.05) is 12.6 Å². The minimum absolute atomic E-state index is 0.154. The third kappa shape index (κ3) is 3.05. The van der Waals surface area contributed by atoms with Crippen LogP contribution in [0.5, 0.6) is 0 Å². The zero-order valence-electron chi connectivity index (χ0n) is 9.65. The lowest BCUT2D eigenvalue weighted by atomic mass is 10.1. The number of aromatic nitrogens is 2. The number of likely N-dealkylation sites (N-methyl/N-ethyl adjacent to an activating group) is 1. The summed E-state index contributed by atoms with van der Waals surface area (Å²) < 4.78 is 0. The van der Waals surface area contributed by atoms with Gasteiger partial charge in [-0.25, -0.2) is 9.97 Å². The lowest BCUT2D eigenvalue weighted by Crippen LogP contribution is -2.39. The number of hydrogen-bond acceptors (Lipinski definition) is 5. The Bertz CT molecular complexity index is 442. The zero-order valence-corrected chi connectivity index (χ0v) is 10.4. The Labute approximate surface area is 105 Å². The molecule has 6 heteroatoms. The SMILES string of the molecule is CN1CCC[C@H](Nc2cnc(C#N)c(Cl)n2)C1. The topological polar surface area (TPSA) is 64.8 Å². The quantitative estimate of drug-likeness (QED) is 0.863. The van der Waals surface area contributed by atoms with Gasteiger partial charge in [-0.05, 0) is 26.4 Å². The molecule has 1 aromatic heterocycles. The highest BCUT2D eigenvalue weighted by molar-refractivity contribution is 6.30. The number of halogens is 1. The van der Waals surface area contributed by atoms with Gasteiger partial charge in [-0.15, -0.1) is 0 Å². The van der Waals surface area contributed by atoms with E-state index in [0.717, 1.165) is 19.5 Å². The van der Waals surface area contributed by atoms with Gasteiger partial charge < -0.3 is 10.2 Å². The van der Waals surface area contributed by atoms with Crippen LogP contribution in [0.25, 0.3) is 0 Å². The molecule has 1 aliphatic rings. The zero-order chi connectivity index (χ0) is 12.3. The molecule has 1 fully saturated rings. The van der Waals surface area contributed by atoms with Crippen LogP contribution in [-0.2, 0) is 0 Å². The van der Waals surface area contributed by atoms with Crippen LogP contribution < -0.4 is 5.32 Å². The van der Waals surface area contributed by atoms with E-state index in [2.05, 4.69) is 27.2 Å². The molecule has 1 aromatic rings. The molecular formula is C11H14ClN5. The maximum atomic E-state index is 8.70. The number of nitrogens with one attached hydrogen (secondary N) is 1. The molecule has 0 amide bonds. The van der Waals surface area contributed by atoms with Crippen LogP contribution in [0.3, 0.4) is 0 Å². The fourth-order valence-corrected chi connectivity index (χ4v) is 2.19. The van der Waals surface area contributed by atoms with E-state index in [9.17, 15) is 0 Å². The van der Waals surface area contributed by atoms with E-state index in [-0.39, 0.29) is 10.8 Å². The van der Waals surface area contributed by atoms with Gasteiger partial charge in [-0.2, -0.15) is 5.26 Å². The lowest BCUT2D eigenvalue weighted by molar-refractivity contribution is 0.260. The van der Waals surface area contributed by atoms with Crippen LogP contribution in [0.15, 0.2) is 6.20 Å². The summed E-state index contributed by atoms with van der Waals surface area (Å²) in [5.74, 6) is 0.634. The summed E-state index contributed by atoms with van der Waals surface area (Å²) in [7, 11) is 2.10. The second kappa shape index (κ2) is 5.30. The number of piperidine rings is 1. The van der Waals surface area contributed by atoms with Gasteiger partial charge in [-0.1, -0.05) is 11.6 Å². The molecule has 0 spiro atoms. The summed E-state index contributed by atoms with van der Waals surface area (Å²) in [6.07, 6.45) is 3.84. The molecule has 1 saturated heterocycles. The molecule has 1 atom stereocenters. The molecule has 0 radical (unpaired) electrons. The Balaban J connectivity index is 2.04. The number of rotatable bonds is 2. The van der Waals surface area contributed by atoms with Crippen LogP contribution in [0.2, 0.25) is 5.15 Å². The van der Waals surface area contributed by atoms with Crippen molar-refractivity contribution in [3.63, 3.8) is 0 Å². The summed E-state index contributed by atoms with van der Waals surface area (Å²) in [5.41, 5.74) is 0.165. The Morgan fingerprint density at radius 2 is 2.47 bits per heavy atom. The summed E-state index contributed by atoms with van der Waals surface area (Å²) in [4.78, 5) is 10.3. The monoisotopic (exact) mass is 251 g/mol. The van der Waals surface area contributed by atoms with Crippen LogP contribution >= 0.6 is 11.6 Å². The van der Waals surface area contributed by atoms with Crippen molar-refractivity contribution in [2.75, 3.05) is 25.5 Å². The second-order valence-electron chi connectivity index (χ2n) is 4.25. The van der Waals surface area contributed by atoms with Crippen molar-refractivity contribution in [2.45, 2.75) is 18.9 Å². The summed E-state index contributed by atoms with van der Waals surface area (Å²) in [6, 6.07) is 2.26. The fraction of sp³-hybridized carbons (Fsp3) is 0.545. The summed E-state index contributed by atoms with van der Waals surface area (Å²) >= 11 is 5.83. The Morgan fingerprint density at radius 3 is 3.12 bits per heavy atom. The van der Waals surface area contributed by atoms with Gasteiger partial charge in [0.1, 0.15) is 11.9 Å². The molecule has 0 aromatic carbocycles. The lowest BCUT2D eigenvalue weighted by Gasteiger charge is -2.30. The molecule has 2 rings (SSSR count). The van der Waals surface area contributed by atoms with E-state index < -0.39 is 0 Å². The average molecular weight is 252 g/mol. The number of nitriles is 1. The maximum Gasteiger partial charge on any atom is 0.178 e. The van der Waals surface area contributed by atoms with E-state index >= 15 is 0 Å². The highest BCUT2D eigenvalue weighted by Gasteiger charge is 2.17. The molecule has 90 valence electrons. The molecule has 0 aliphatic carbocycles. The first-order valence-electron chi connectivity index (χ1n) is 5.57. The van der Waals surface area contributed by atoms with Crippen LogP contribution in [-0.4, -0.2) is 41.0 Å². The fourth-order valence-electron chi connectivity index (χ4n) is 2.00. The molecule has 0 bridgehead atoms. The van der Waals surface area contributed by atoms with Crippen molar-refractivity contribution in [3.05, 3.63) is 17.0 Å². The normalized spacial score (nSPS) is 20.9. The Morgan fingerprint density at radius 1 is 1.65 bits per heavy atom. The van der Waals surface area contributed by atoms with Gasteiger partial charge in [0.2, 0.25) is 0 Å². The van der Waals surface area contributed by atoms with E-state index in [0.29, 0.717) is 11.9 Å². The molecule has 1 aliphatic heterocycles. The van der Waals surface area contributed by atoms with Gasteiger partial charge in [0.05, 0.1) is 6.20 Å². The van der Waals surface area contributed by atoms with Crippen LogP contribution in [0.1, 0.15) is 18.5 Å². The number of hydrogen-bond donors (Lipinski definition) is 1. The summed E-state index contributed by atoms with van der Waals surface area (Å²) in [5, 5.41) is 12.2. The molecule has 5 nitrogen and oxygen atoms in total. The third-order valence-electron chi connectivity index (χ3n) is 2.81. The van der Waals surface area contributed by atoms with E-state index in [1.165, 1.54) is 6.42 Å². The highest BCUT2D eigenvalue weighted by atomic mass is 35.5. The van der Waals surface area contributed by atoms with Gasteiger partial charge in [0.25, 0.3) is 0 Å². The molecule has 17 heavy (non-hydrogen) atoms. The highest BCUT2D eigenvalue weighted by Crippen LogP contribution is 2.16. The smallest absolute Gasteiger partial charge is 0.178 e. The average Bonchev–Trinajstić information content (AvgIpc) is 2.29. The van der Waals surface area contributed by atoms with Gasteiger partial charge in [-0.3, -0.25) is 0 Å². The van der Waals surface area contributed by atoms with Crippen LogP contribution in [0.4, 0.5) is 5.82 Å². The van der Waals surface area contributed by atoms with Crippen molar-refractivity contribution in [1.29, 1.82) is 5.26 Å². The molecule has 2 heterocycles. The van der Waals surface area contributed by atoms with E-state index in [4.69, 9.17) is 16.9 Å². The second-order valence-corrected chi connectivity index (χ2v) is 4.61. The van der Waals surface area contributed by atoms with Crippen LogP contribution in [0, 0.1) is 11.3 Å². The minimum Gasteiger partial charge on any atom is -0.365 e. The molecule has 0 unspecified atom stereocenters. The van der Waals surface area contributed by atoms with E-state index in [1.807, 2.05) is 6.07 Å². The first kappa shape index (κ1) is 12.1. The third-order valence-corrected chi connectivity index (χ3v) is 3.08.